The molecule has 1 aliphatic carbocycles. The first-order valence-electron chi connectivity index (χ1n) is 10.4. The van der Waals surface area contributed by atoms with Gasteiger partial charge in [0, 0.05) is 39.8 Å². The molecule has 2 atom stereocenters. The molecular weight excluding hydrogens is 336 g/mol. The lowest BCUT2D eigenvalue weighted by atomic mass is 10.1. The average Bonchev–Trinajstić information content (AvgIpc) is 3.36. The molecular formula is C22H32N4O. The van der Waals surface area contributed by atoms with Crippen molar-refractivity contribution in [3.05, 3.63) is 47.5 Å². The van der Waals surface area contributed by atoms with Crippen molar-refractivity contribution < 1.29 is 4.74 Å². The third-order valence-corrected chi connectivity index (χ3v) is 6.02. The SMILES string of the molecule is CN=C(NCCC1=CCCC1)N1CC2OCCN(Cc3ccccc3)C2C1. The molecule has 27 heavy (non-hydrogen) atoms. The number of aliphatic imine (C=N–C) groups is 1. The van der Waals surface area contributed by atoms with Crippen LogP contribution < -0.4 is 5.32 Å². The Balaban J connectivity index is 1.33. The molecule has 0 radical (unpaired) electrons. The highest BCUT2D eigenvalue weighted by atomic mass is 16.5. The molecule has 0 saturated carbocycles. The van der Waals surface area contributed by atoms with E-state index < -0.39 is 0 Å². The largest absolute Gasteiger partial charge is 0.373 e. The van der Waals surface area contributed by atoms with Crippen LogP contribution in [0.25, 0.3) is 0 Å². The predicted molar refractivity (Wildman–Crippen MR) is 110 cm³/mol. The number of likely N-dealkylation sites (tertiary alicyclic amines) is 1. The van der Waals surface area contributed by atoms with Crippen LogP contribution in [-0.4, -0.2) is 67.7 Å². The summed E-state index contributed by atoms with van der Waals surface area (Å²) in [6.07, 6.45) is 7.68. The summed E-state index contributed by atoms with van der Waals surface area (Å²) >= 11 is 0. The van der Waals surface area contributed by atoms with Crippen molar-refractivity contribution >= 4 is 5.96 Å². The number of rotatable bonds is 5. The molecule has 3 aliphatic rings. The molecule has 0 spiro atoms. The molecule has 0 amide bonds. The van der Waals surface area contributed by atoms with Crippen LogP contribution in [0.1, 0.15) is 31.2 Å². The standard InChI is InChI=1S/C22H32N4O/c1-23-22(24-12-11-18-7-5-6-8-18)26-16-20-21(17-26)27-14-13-25(20)15-19-9-3-2-4-10-19/h2-4,7,9-10,20-21H,5-6,8,11-17H2,1H3,(H,23,24). The Morgan fingerprint density at radius 3 is 2.93 bits per heavy atom. The van der Waals surface area contributed by atoms with Crippen molar-refractivity contribution in [1.82, 2.24) is 15.1 Å². The maximum atomic E-state index is 6.11. The molecule has 2 fully saturated rings. The van der Waals surface area contributed by atoms with E-state index in [0.717, 1.165) is 51.7 Å². The molecule has 2 unspecified atom stereocenters. The summed E-state index contributed by atoms with van der Waals surface area (Å²) in [6, 6.07) is 11.2. The van der Waals surface area contributed by atoms with Crippen molar-refractivity contribution in [2.45, 2.75) is 44.4 Å². The zero-order chi connectivity index (χ0) is 18.5. The second-order valence-electron chi connectivity index (χ2n) is 7.82. The summed E-state index contributed by atoms with van der Waals surface area (Å²) in [5.41, 5.74) is 2.98. The third kappa shape index (κ3) is 4.53. The van der Waals surface area contributed by atoms with Gasteiger partial charge in [-0.3, -0.25) is 9.89 Å². The van der Waals surface area contributed by atoms with Gasteiger partial charge >= 0.3 is 0 Å². The van der Waals surface area contributed by atoms with Crippen molar-refractivity contribution in [3.8, 4) is 0 Å². The molecule has 2 saturated heterocycles. The molecule has 5 nitrogen and oxygen atoms in total. The smallest absolute Gasteiger partial charge is 0.193 e. The van der Waals surface area contributed by atoms with E-state index in [-0.39, 0.29) is 6.10 Å². The number of nitrogens with zero attached hydrogens (tertiary/aromatic N) is 3. The zero-order valence-corrected chi connectivity index (χ0v) is 16.4. The summed E-state index contributed by atoms with van der Waals surface area (Å²) in [7, 11) is 1.89. The van der Waals surface area contributed by atoms with Crippen LogP contribution in [0, 0.1) is 0 Å². The summed E-state index contributed by atoms with van der Waals surface area (Å²) < 4.78 is 6.11. The van der Waals surface area contributed by atoms with E-state index >= 15 is 0 Å². The Labute approximate surface area is 163 Å². The van der Waals surface area contributed by atoms with Gasteiger partial charge in [-0.05, 0) is 31.2 Å². The van der Waals surface area contributed by atoms with E-state index in [9.17, 15) is 0 Å². The number of benzene rings is 1. The Morgan fingerprint density at radius 1 is 1.26 bits per heavy atom. The minimum absolute atomic E-state index is 0.276. The van der Waals surface area contributed by atoms with E-state index in [1.54, 1.807) is 5.57 Å². The monoisotopic (exact) mass is 368 g/mol. The molecule has 2 aliphatic heterocycles. The fourth-order valence-corrected chi connectivity index (χ4v) is 4.58. The lowest BCUT2D eigenvalue weighted by Gasteiger charge is -2.36. The highest BCUT2D eigenvalue weighted by Crippen LogP contribution is 2.25. The first kappa shape index (κ1) is 18.5. The molecule has 5 heteroatoms. The molecule has 0 aromatic heterocycles. The normalized spacial score (nSPS) is 26.2. The molecule has 146 valence electrons. The van der Waals surface area contributed by atoms with Crippen LogP contribution in [0.15, 0.2) is 47.0 Å². The highest BCUT2D eigenvalue weighted by Gasteiger charge is 2.41. The van der Waals surface area contributed by atoms with Crippen molar-refractivity contribution in [2.24, 2.45) is 4.99 Å². The van der Waals surface area contributed by atoms with E-state index in [2.05, 4.69) is 56.5 Å². The van der Waals surface area contributed by atoms with E-state index in [1.165, 1.54) is 24.8 Å². The second kappa shape index (κ2) is 8.89. The van der Waals surface area contributed by atoms with Gasteiger partial charge < -0.3 is 15.0 Å². The first-order valence-corrected chi connectivity index (χ1v) is 10.4. The molecule has 1 N–H and O–H groups in total. The Hall–Kier alpha value is -1.85. The van der Waals surface area contributed by atoms with Crippen LogP contribution >= 0.6 is 0 Å². The molecule has 4 rings (SSSR count). The zero-order valence-electron chi connectivity index (χ0n) is 16.4. The number of ether oxygens (including phenoxy) is 1. The predicted octanol–water partition coefficient (Wildman–Crippen LogP) is 2.65. The topological polar surface area (TPSA) is 40.1 Å². The Bertz CT molecular complexity index is 672. The summed E-state index contributed by atoms with van der Waals surface area (Å²) in [4.78, 5) is 9.50. The molecule has 0 bridgehead atoms. The maximum absolute atomic E-state index is 6.11. The van der Waals surface area contributed by atoms with Gasteiger partial charge in [-0.15, -0.1) is 0 Å². The van der Waals surface area contributed by atoms with E-state index in [4.69, 9.17) is 4.74 Å². The number of fused-ring (bicyclic) bond motifs is 1. The number of guanidine groups is 1. The number of morpholine rings is 1. The number of allylic oxidation sites excluding steroid dienone is 1. The van der Waals surface area contributed by atoms with Crippen molar-refractivity contribution in [3.63, 3.8) is 0 Å². The van der Waals surface area contributed by atoms with E-state index in [0.29, 0.717) is 6.04 Å². The van der Waals surface area contributed by atoms with Gasteiger partial charge in [0.1, 0.15) is 0 Å². The number of hydrogen-bond acceptors (Lipinski definition) is 3. The summed E-state index contributed by atoms with van der Waals surface area (Å²) in [6.45, 7) is 5.71. The Kier molecular flexibility index (Phi) is 6.10. The molecule has 1 aromatic carbocycles. The number of hydrogen-bond donors (Lipinski definition) is 1. The van der Waals surface area contributed by atoms with Crippen LogP contribution in [0.4, 0.5) is 0 Å². The van der Waals surface area contributed by atoms with Gasteiger partial charge in [-0.25, -0.2) is 0 Å². The Morgan fingerprint density at radius 2 is 2.15 bits per heavy atom. The third-order valence-electron chi connectivity index (χ3n) is 6.02. The fraction of sp³-hybridized carbons (Fsp3) is 0.591. The minimum atomic E-state index is 0.276. The highest BCUT2D eigenvalue weighted by molar-refractivity contribution is 5.80. The fourth-order valence-electron chi connectivity index (χ4n) is 4.58. The molecule has 1 aromatic rings. The van der Waals surface area contributed by atoms with Gasteiger partial charge in [0.2, 0.25) is 0 Å². The maximum Gasteiger partial charge on any atom is 0.193 e. The summed E-state index contributed by atoms with van der Waals surface area (Å²) in [5, 5.41) is 3.57. The average molecular weight is 369 g/mol. The van der Waals surface area contributed by atoms with Gasteiger partial charge in [-0.2, -0.15) is 0 Å². The quantitative estimate of drug-likeness (QED) is 0.493. The van der Waals surface area contributed by atoms with Crippen LogP contribution in [0.3, 0.4) is 0 Å². The lowest BCUT2D eigenvalue weighted by molar-refractivity contribution is -0.0502. The first-order chi connectivity index (χ1) is 13.3. The van der Waals surface area contributed by atoms with Crippen molar-refractivity contribution in [1.29, 1.82) is 0 Å². The van der Waals surface area contributed by atoms with Crippen LogP contribution in [0.2, 0.25) is 0 Å². The summed E-state index contributed by atoms with van der Waals surface area (Å²) in [5.74, 6) is 1.02. The number of nitrogens with one attached hydrogen (secondary N) is 1. The van der Waals surface area contributed by atoms with Gasteiger partial charge in [0.25, 0.3) is 0 Å². The van der Waals surface area contributed by atoms with Crippen LogP contribution in [0.5, 0.6) is 0 Å². The van der Waals surface area contributed by atoms with Crippen LogP contribution in [-0.2, 0) is 11.3 Å². The van der Waals surface area contributed by atoms with E-state index in [1.807, 2.05) is 7.05 Å². The molecule has 2 heterocycles. The van der Waals surface area contributed by atoms with Crippen molar-refractivity contribution in [2.75, 3.05) is 39.8 Å². The second-order valence-corrected chi connectivity index (χ2v) is 7.82. The lowest BCUT2D eigenvalue weighted by Crippen LogP contribution is -2.50. The van der Waals surface area contributed by atoms with Gasteiger partial charge in [0.15, 0.2) is 5.96 Å². The van der Waals surface area contributed by atoms with Gasteiger partial charge in [-0.1, -0.05) is 42.0 Å². The minimum Gasteiger partial charge on any atom is -0.373 e. The van der Waals surface area contributed by atoms with Gasteiger partial charge in [0.05, 0.1) is 18.8 Å².